The minimum atomic E-state index is 0.896. The molecule has 0 fully saturated rings. The molecule has 0 saturated carbocycles. The monoisotopic (exact) mass is 726 g/mol. The van der Waals surface area contributed by atoms with E-state index in [9.17, 15) is 0 Å². The highest BCUT2D eigenvalue weighted by Gasteiger charge is 2.17. The molecule has 0 spiro atoms. The van der Waals surface area contributed by atoms with Crippen molar-refractivity contribution in [2.45, 2.75) is 0 Å². The summed E-state index contributed by atoms with van der Waals surface area (Å²) in [6.07, 6.45) is 0. The second-order valence-electron chi connectivity index (χ2n) is 14.9. The van der Waals surface area contributed by atoms with Crippen molar-refractivity contribution >= 4 is 65.6 Å². The van der Waals surface area contributed by atoms with E-state index in [4.69, 9.17) is 4.42 Å². The second-order valence-corrected chi connectivity index (χ2v) is 14.9. The summed E-state index contributed by atoms with van der Waals surface area (Å²) in [5, 5.41) is 7.21. The first kappa shape index (κ1) is 31.7. The quantitative estimate of drug-likeness (QED) is 0.173. The van der Waals surface area contributed by atoms with Crippen LogP contribution in [0.25, 0.3) is 110 Å². The molecule has 3 heteroatoms. The van der Waals surface area contributed by atoms with Gasteiger partial charge in [0.1, 0.15) is 11.2 Å². The van der Waals surface area contributed by atoms with Gasteiger partial charge < -0.3 is 13.6 Å². The Morgan fingerprint density at radius 2 is 0.719 bits per heavy atom. The van der Waals surface area contributed by atoms with Gasteiger partial charge in [-0.1, -0.05) is 133 Å². The van der Waals surface area contributed by atoms with Crippen LogP contribution in [0.3, 0.4) is 0 Å². The number of nitrogens with zero attached hydrogens (tertiary/aromatic N) is 2. The number of rotatable bonds is 5. The molecule has 0 atom stereocenters. The van der Waals surface area contributed by atoms with Crippen LogP contribution in [0, 0.1) is 0 Å². The molecular formula is C54H34N2O. The lowest BCUT2D eigenvalue weighted by Gasteiger charge is -2.12. The van der Waals surface area contributed by atoms with Gasteiger partial charge in [0.2, 0.25) is 0 Å². The molecule has 3 nitrogen and oxygen atoms in total. The molecule has 0 radical (unpaired) electrons. The Labute approximate surface area is 328 Å². The van der Waals surface area contributed by atoms with E-state index < -0.39 is 0 Å². The van der Waals surface area contributed by atoms with Crippen molar-refractivity contribution in [3.63, 3.8) is 0 Å². The predicted octanol–water partition coefficient (Wildman–Crippen LogP) is 14.8. The molecule has 0 amide bonds. The minimum Gasteiger partial charge on any atom is -0.456 e. The Kier molecular flexibility index (Phi) is 6.93. The van der Waals surface area contributed by atoms with E-state index in [0.29, 0.717) is 0 Å². The van der Waals surface area contributed by atoms with Crippen molar-refractivity contribution in [3.8, 4) is 44.8 Å². The molecule has 3 heterocycles. The Morgan fingerprint density at radius 3 is 1.37 bits per heavy atom. The van der Waals surface area contributed by atoms with Gasteiger partial charge in [0.25, 0.3) is 0 Å². The number of aromatic nitrogens is 2. The van der Waals surface area contributed by atoms with Crippen molar-refractivity contribution in [3.05, 3.63) is 206 Å². The lowest BCUT2D eigenvalue weighted by atomic mass is 9.94. The second kappa shape index (κ2) is 12.5. The van der Waals surface area contributed by atoms with Crippen LogP contribution in [0.1, 0.15) is 0 Å². The van der Waals surface area contributed by atoms with Crippen LogP contribution in [0.15, 0.2) is 211 Å². The fourth-order valence-electron chi connectivity index (χ4n) is 9.11. The van der Waals surface area contributed by atoms with Gasteiger partial charge in [-0.15, -0.1) is 0 Å². The van der Waals surface area contributed by atoms with Crippen molar-refractivity contribution in [1.82, 2.24) is 9.13 Å². The summed E-state index contributed by atoms with van der Waals surface area (Å²) >= 11 is 0. The molecule has 0 aliphatic carbocycles. The van der Waals surface area contributed by atoms with Crippen LogP contribution in [0.4, 0.5) is 0 Å². The Balaban J connectivity index is 0.962. The largest absolute Gasteiger partial charge is 0.456 e. The smallest absolute Gasteiger partial charge is 0.137 e. The highest BCUT2D eigenvalue weighted by molar-refractivity contribution is 6.13. The molecular weight excluding hydrogens is 693 g/mol. The fourth-order valence-corrected chi connectivity index (χ4v) is 9.11. The molecule has 0 N–H and O–H groups in total. The van der Waals surface area contributed by atoms with Crippen LogP contribution < -0.4 is 0 Å². The van der Waals surface area contributed by atoms with E-state index in [-0.39, 0.29) is 0 Å². The van der Waals surface area contributed by atoms with E-state index in [1.165, 1.54) is 77.0 Å². The molecule has 57 heavy (non-hydrogen) atoms. The normalized spacial score (nSPS) is 11.9. The first-order valence-electron chi connectivity index (χ1n) is 19.5. The van der Waals surface area contributed by atoms with Crippen LogP contribution >= 0.6 is 0 Å². The summed E-state index contributed by atoms with van der Waals surface area (Å²) in [5.74, 6) is 0. The van der Waals surface area contributed by atoms with Crippen molar-refractivity contribution < 1.29 is 4.42 Å². The third-order valence-electron chi connectivity index (χ3n) is 11.7. The third kappa shape index (κ3) is 4.92. The first-order chi connectivity index (χ1) is 28.3. The molecule has 9 aromatic carbocycles. The highest BCUT2D eigenvalue weighted by atomic mass is 16.3. The summed E-state index contributed by atoms with van der Waals surface area (Å²) in [5.41, 5.74) is 16.1. The lowest BCUT2D eigenvalue weighted by molar-refractivity contribution is 0.668. The molecule has 3 aromatic heterocycles. The third-order valence-corrected chi connectivity index (χ3v) is 11.7. The molecule has 0 saturated heterocycles. The Hall–Kier alpha value is -7.62. The van der Waals surface area contributed by atoms with Gasteiger partial charge in [0.05, 0.1) is 22.1 Å². The zero-order valence-corrected chi connectivity index (χ0v) is 30.9. The van der Waals surface area contributed by atoms with Crippen molar-refractivity contribution in [2.75, 3.05) is 0 Å². The maximum Gasteiger partial charge on any atom is 0.137 e. The molecule has 266 valence electrons. The van der Waals surface area contributed by atoms with Gasteiger partial charge in [-0.05, 0) is 100 Å². The Bertz CT molecular complexity index is 3510. The zero-order chi connectivity index (χ0) is 37.5. The molecule has 0 aliphatic rings. The maximum absolute atomic E-state index is 6.32. The summed E-state index contributed by atoms with van der Waals surface area (Å²) in [6.45, 7) is 0. The van der Waals surface area contributed by atoms with Gasteiger partial charge >= 0.3 is 0 Å². The van der Waals surface area contributed by atoms with E-state index >= 15 is 0 Å². The first-order valence-corrected chi connectivity index (χ1v) is 19.5. The number of fused-ring (bicyclic) bond motifs is 9. The Morgan fingerprint density at radius 1 is 0.263 bits per heavy atom. The molecule has 12 rings (SSSR count). The van der Waals surface area contributed by atoms with Gasteiger partial charge in [-0.25, -0.2) is 0 Å². The summed E-state index contributed by atoms with van der Waals surface area (Å²) in [4.78, 5) is 0. The van der Waals surface area contributed by atoms with Gasteiger partial charge in [-0.3, -0.25) is 0 Å². The van der Waals surface area contributed by atoms with Gasteiger partial charge in [-0.2, -0.15) is 0 Å². The summed E-state index contributed by atoms with van der Waals surface area (Å²) in [7, 11) is 0. The van der Waals surface area contributed by atoms with E-state index in [2.05, 4.69) is 203 Å². The van der Waals surface area contributed by atoms with Crippen LogP contribution in [0.2, 0.25) is 0 Å². The SMILES string of the molecule is c1ccc(-c2ccccc2-c2ccc(-n3c4ccccc4c4cc(-c5ccc6c(c5)c5ccccc5n6-c5ccc6c(c5)oc5ccccc56)ccc43)cc2)cc1. The topological polar surface area (TPSA) is 23.0 Å². The number of para-hydroxylation sites is 3. The number of hydrogen-bond acceptors (Lipinski definition) is 1. The van der Waals surface area contributed by atoms with Crippen LogP contribution in [0.5, 0.6) is 0 Å². The van der Waals surface area contributed by atoms with E-state index in [1.54, 1.807) is 0 Å². The van der Waals surface area contributed by atoms with Crippen molar-refractivity contribution in [2.24, 2.45) is 0 Å². The molecule has 0 bridgehead atoms. The number of furan rings is 1. The van der Waals surface area contributed by atoms with E-state index in [0.717, 1.165) is 33.3 Å². The van der Waals surface area contributed by atoms with Crippen LogP contribution in [-0.2, 0) is 0 Å². The average molecular weight is 727 g/mol. The zero-order valence-electron chi connectivity index (χ0n) is 30.9. The maximum atomic E-state index is 6.32. The number of benzene rings is 9. The summed E-state index contributed by atoms with van der Waals surface area (Å²) in [6, 6.07) is 74.5. The summed E-state index contributed by atoms with van der Waals surface area (Å²) < 4.78 is 11.1. The van der Waals surface area contributed by atoms with Gasteiger partial charge in [0, 0.05) is 49.8 Å². The fraction of sp³-hybridized carbons (Fsp3) is 0. The number of hydrogen-bond donors (Lipinski definition) is 0. The predicted molar refractivity (Wildman–Crippen MR) is 239 cm³/mol. The highest BCUT2D eigenvalue weighted by Crippen LogP contribution is 2.40. The van der Waals surface area contributed by atoms with E-state index in [1.807, 2.05) is 12.1 Å². The molecule has 12 aromatic rings. The molecule has 0 aliphatic heterocycles. The van der Waals surface area contributed by atoms with Crippen LogP contribution in [-0.4, -0.2) is 9.13 Å². The molecule has 0 unspecified atom stereocenters. The van der Waals surface area contributed by atoms with Crippen molar-refractivity contribution in [1.29, 1.82) is 0 Å². The lowest BCUT2D eigenvalue weighted by Crippen LogP contribution is -1.94. The minimum absolute atomic E-state index is 0.896. The van der Waals surface area contributed by atoms with Gasteiger partial charge in [0.15, 0.2) is 0 Å². The standard InChI is InChI=1S/C54H34N2O/c1-2-12-35(13-3-1)41-14-4-5-15-42(41)36-22-26-39(27-23-36)55-49-19-9-6-16-43(49)47-32-37(24-30-51(47)55)38-25-31-52-48(33-38)44-17-7-10-20-50(44)56(52)40-28-29-46-45-18-8-11-21-53(45)57-54(46)34-40/h1-34H. The average Bonchev–Trinajstić information content (AvgIpc) is 3.93.